The monoisotopic (exact) mass is 616 g/mol. The topological polar surface area (TPSA) is 77.5 Å². The van der Waals surface area contributed by atoms with E-state index in [0.29, 0.717) is 0 Å². The molecule has 0 bridgehead atoms. The lowest BCUT2D eigenvalue weighted by molar-refractivity contribution is -0.328. The van der Waals surface area contributed by atoms with Crippen LogP contribution in [0.2, 0.25) is 0 Å². The second kappa shape index (κ2) is 18.7. The Labute approximate surface area is 215 Å². The third kappa shape index (κ3) is 32.4. The average Bonchev–Trinajstić information content (AvgIpc) is 2.49. The van der Waals surface area contributed by atoms with Gasteiger partial charge in [-0.2, -0.15) is 52.7 Å². The summed E-state index contributed by atoms with van der Waals surface area (Å²) in [6, 6.07) is 0. The number of alkyl halides is 12. The molecule has 0 heterocycles. The first kappa shape index (κ1) is 49.4. The molecule has 0 amide bonds. The largest absolute Gasteiger partial charge is 0.402 e. The van der Waals surface area contributed by atoms with Gasteiger partial charge in [0.1, 0.15) is 21.4 Å². The van der Waals surface area contributed by atoms with Crippen LogP contribution in [0.1, 0.15) is 55.4 Å². The van der Waals surface area contributed by atoms with Crippen molar-refractivity contribution >= 4 is 21.4 Å². The van der Waals surface area contributed by atoms with E-state index in [9.17, 15) is 70.7 Å². The van der Waals surface area contributed by atoms with Gasteiger partial charge >= 0.3 is 24.7 Å². The molecule has 0 atom stereocenters. The van der Waals surface area contributed by atoms with Crippen molar-refractivity contribution in [3.63, 3.8) is 0 Å². The predicted octanol–water partition coefficient (Wildman–Crippen LogP) is 7.39. The lowest BCUT2D eigenvalue weighted by Gasteiger charge is -2.29. The maximum atomic E-state index is 11.6. The van der Waals surface area contributed by atoms with Crippen molar-refractivity contribution in [3.8, 4) is 0 Å². The number of hydrogen-bond donors (Lipinski definition) is 0. The van der Waals surface area contributed by atoms with E-state index < -0.39 is 45.4 Å². The number of carbonyl (C=O) groups excluding carboxylic acids is 2. The van der Waals surface area contributed by atoms with Crippen LogP contribution in [0.4, 0.5) is 52.7 Å². The van der Waals surface area contributed by atoms with E-state index in [1.54, 1.807) is 14.2 Å². The fourth-order valence-corrected chi connectivity index (χ4v) is 0.321. The molecule has 18 heteroatoms. The smallest absolute Gasteiger partial charge is 0.388 e. The predicted molar refractivity (Wildman–Crippen MR) is 118 cm³/mol. The van der Waals surface area contributed by atoms with Gasteiger partial charge in [-0.1, -0.05) is 0 Å². The van der Waals surface area contributed by atoms with Crippen molar-refractivity contribution in [1.82, 2.24) is 0 Å². The first-order valence-electron chi connectivity index (χ1n) is 9.64. The van der Waals surface area contributed by atoms with E-state index >= 15 is 0 Å². The minimum absolute atomic E-state index is 0.104. The fourth-order valence-electron chi connectivity index (χ4n) is 0.321. The maximum Gasteiger partial charge on any atom is 0.402 e. The molecule has 0 spiro atoms. The highest BCUT2D eigenvalue weighted by Crippen LogP contribution is 2.50. The van der Waals surface area contributed by atoms with Crippen molar-refractivity contribution in [2.24, 2.45) is 10.8 Å². The van der Waals surface area contributed by atoms with E-state index in [0.717, 1.165) is 12.5 Å². The van der Waals surface area contributed by atoms with Crippen LogP contribution >= 0.6 is 0 Å². The van der Waals surface area contributed by atoms with Crippen LogP contribution < -0.4 is 0 Å². The zero-order valence-electron chi connectivity index (χ0n) is 23.0. The first-order valence-corrected chi connectivity index (χ1v) is 11.9. The summed E-state index contributed by atoms with van der Waals surface area (Å²) < 4.78 is 163. The van der Waals surface area contributed by atoms with Crippen LogP contribution in [-0.2, 0) is 24.2 Å². The van der Waals surface area contributed by atoms with E-state index in [-0.39, 0.29) is 39.3 Å². The Morgan fingerprint density at radius 1 is 0.500 bits per heavy atom. The summed E-state index contributed by atoms with van der Waals surface area (Å²) in [5.41, 5.74) is -7.25. The molecule has 0 aromatic heterocycles. The van der Waals surface area contributed by atoms with Gasteiger partial charge in [0.2, 0.25) is 0 Å². The number of rotatable bonds is 0. The zero-order valence-corrected chi connectivity index (χ0v) is 23.8. The van der Waals surface area contributed by atoms with Crippen LogP contribution in [0.3, 0.4) is 0 Å². The second-order valence-electron chi connectivity index (χ2n) is 8.61. The Kier molecular flexibility index (Phi) is 24.2. The van der Waals surface area contributed by atoms with Crippen molar-refractivity contribution in [2.45, 2.75) is 80.1 Å². The molecule has 0 aliphatic carbocycles. The summed E-state index contributed by atoms with van der Waals surface area (Å²) in [6.45, 7) is 6.53. The van der Waals surface area contributed by atoms with E-state index in [1.165, 1.54) is 27.7 Å². The second-order valence-corrected chi connectivity index (χ2v) is 10.9. The molecule has 0 rings (SSSR count). The van der Waals surface area contributed by atoms with Gasteiger partial charge in [0.25, 0.3) is 0 Å². The van der Waals surface area contributed by atoms with Crippen molar-refractivity contribution in [2.75, 3.05) is 26.7 Å². The van der Waals surface area contributed by atoms with Crippen LogP contribution in [-0.4, -0.2) is 71.4 Å². The van der Waals surface area contributed by atoms with Crippen LogP contribution in [0.15, 0.2) is 0 Å². The fraction of sp³-hybridized carbons (Fsp3) is 0.900. The molecule has 38 heavy (non-hydrogen) atoms. The molecule has 0 N–H and O–H groups in total. The maximum absolute atomic E-state index is 11.6. The third-order valence-corrected chi connectivity index (χ3v) is 2.83. The molecule has 0 aromatic carbocycles. The third-order valence-electron chi connectivity index (χ3n) is 2.83. The SMILES string of the molecule is CC(C)(C(F)(F)F)C(F)(F)F.CC(C)(C(F)(F)F)C(F)(F)F.CC(C)=O.CC(C)=O.COC.CS(C)(=O)=O. The number of ketones is 2. The summed E-state index contributed by atoms with van der Waals surface area (Å²) in [6.07, 6.45) is -18.7. The highest BCUT2D eigenvalue weighted by atomic mass is 32.2. The molecular formula is C20H36F12O5S. The van der Waals surface area contributed by atoms with Gasteiger partial charge in [0, 0.05) is 26.7 Å². The number of methoxy groups -OCH3 is 1. The molecule has 0 radical (unpaired) electrons. The van der Waals surface area contributed by atoms with E-state index in [2.05, 4.69) is 4.74 Å². The quantitative estimate of drug-likeness (QED) is 0.266. The number of hydrogen-bond acceptors (Lipinski definition) is 5. The molecule has 0 aliphatic heterocycles. The summed E-state index contributed by atoms with van der Waals surface area (Å²) in [5, 5.41) is 0. The van der Waals surface area contributed by atoms with Gasteiger partial charge in [0.15, 0.2) is 10.8 Å². The molecule has 0 saturated heterocycles. The highest BCUT2D eigenvalue weighted by Gasteiger charge is 2.64. The Bertz CT molecular complexity index is 650. The van der Waals surface area contributed by atoms with Crippen LogP contribution in [0.5, 0.6) is 0 Å². The van der Waals surface area contributed by atoms with E-state index in [4.69, 9.17) is 0 Å². The summed E-state index contributed by atoms with van der Waals surface area (Å²) in [7, 11) is 0.583. The molecule has 0 fully saturated rings. The number of halogens is 12. The lowest BCUT2D eigenvalue weighted by Crippen LogP contribution is -2.44. The van der Waals surface area contributed by atoms with Crippen LogP contribution in [0.25, 0.3) is 0 Å². The van der Waals surface area contributed by atoms with Gasteiger partial charge in [-0.25, -0.2) is 8.42 Å². The van der Waals surface area contributed by atoms with Crippen molar-refractivity contribution in [3.05, 3.63) is 0 Å². The summed E-state index contributed by atoms with van der Waals surface area (Å²) in [5.74, 6) is 0.333. The molecular weight excluding hydrogens is 580 g/mol. The molecule has 236 valence electrons. The standard InChI is InChI=1S/2C5H6F6.2C3H6O.C2H6O2S.C2H6O/c2*1-3(2,4(6,7)8)5(9,10)11;2*1-3(2)4;1-5(2,3)4;1-3-2/h2*1-2H3;2*1-2H3;1-2H3;1-2H3. The zero-order chi connectivity index (χ0) is 33.4. The summed E-state index contributed by atoms with van der Waals surface area (Å²) in [4.78, 5) is 18.9. The minimum Gasteiger partial charge on any atom is -0.388 e. The minimum atomic E-state index is -5.24. The van der Waals surface area contributed by atoms with Crippen LogP contribution in [0, 0.1) is 10.8 Å². The molecule has 0 aliphatic rings. The highest BCUT2D eigenvalue weighted by molar-refractivity contribution is 7.89. The number of sulfone groups is 1. The lowest BCUT2D eigenvalue weighted by atomic mass is 9.92. The molecule has 0 aromatic rings. The molecule has 0 unspecified atom stereocenters. The Balaban J connectivity index is -0.0000000876. The Morgan fingerprint density at radius 3 is 0.553 bits per heavy atom. The normalized spacial score (nSPS) is 12.2. The molecule has 0 saturated carbocycles. The van der Waals surface area contributed by atoms with Gasteiger partial charge in [-0.05, 0) is 55.4 Å². The average molecular weight is 617 g/mol. The molecule has 5 nitrogen and oxygen atoms in total. The summed E-state index contributed by atoms with van der Waals surface area (Å²) >= 11 is 0. The van der Waals surface area contributed by atoms with Gasteiger partial charge in [0.05, 0.1) is 0 Å². The van der Waals surface area contributed by atoms with Crippen molar-refractivity contribution < 1.29 is 75.4 Å². The Morgan fingerprint density at radius 2 is 0.553 bits per heavy atom. The number of Topliss-reactive ketones (excluding diaryl/α,β-unsaturated/α-hetero) is 2. The van der Waals surface area contributed by atoms with Gasteiger partial charge in [-0.15, -0.1) is 0 Å². The van der Waals surface area contributed by atoms with E-state index in [1.807, 2.05) is 0 Å². The number of carbonyl (C=O) groups is 2. The Hall–Kier alpha value is -1.59. The van der Waals surface area contributed by atoms with Gasteiger partial charge < -0.3 is 14.3 Å². The van der Waals surface area contributed by atoms with Crippen molar-refractivity contribution in [1.29, 1.82) is 0 Å². The number of ether oxygens (including phenoxy) is 1. The van der Waals surface area contributed by atoms with Gasteiger partial charge in [-0.3, -0.25) is 0 Å². The first-order chi connectivity index (χ1) is 15.9.